The zero-order valence-corrected chi connectivity index (χ0v) is 8.67. The summed E-state index contributed by atoms with van der Waals surface area (Å²) >= 11 is 0. The number of nitrogens with zero attached hydrogens (tertiary/aromatic N) is 2. The van der Waals surface area contributed by atoms with E-state index in [1.165, 1.54) is 0 Å². The van der Waals surface area contributed by atoms with Crippen LogP contribution in [0.25, 0.3) is 0 Å². The monoisotopic (exact) mass is 188 g/mol. The Bertz CT molecular complexity index is 249. The fourth-order valence-corrected chi connectivity index (χ4v) is 0.604. The number of rotatable bonds is 5. The van der Waals surface area contributed by atoms with Crippen LogP contribution in [0.15, 0.2) is 58.8 Å². The fraction of sp³-hybridized carbons (Fsp3) is 0.167. The van der Waals surface area contributed by atoms with Crippen LogP contribution in [0.5, 0.6) is 0 Å². The highest BCUT2D eigenvalue weighted by molar-refractivity contribution is 5.74. The highest BCUT2D eigenvalue weighted by Crippen LogP contribution is 1.76. The summed E-state index contributed by atoms with van der Waals surface area (Å²) in [4.78, 5) is 0. The minimum absolute atomic E-state index is 1.64. The summed E-state index contributed by atoms with van der Waals surface area (Å²) in [6.07, 6.45) is 18.5. The van der Waals surface area contributed by atoms with Crippen LogP contribution < -0.4 is 0 Å². The lowest BCUT2D eigenvalue weighted by molar-refractivity contribution is 1.27. The van der Waals surface area contributed by atoms with Gasteiger partial charge in [-0.2, -0.15) is 10.2 Å². The van der Waals surface area contributed by atoms with Crippen molar-refractivity contribution in [2.45, 2.75) is 13.8 Å². The molecule has 0 fully saturated rings. The van der Waals surface area contributed by atoms with Gasteiger partial charge >= 0.3 is 0 Å². The third-order valence-corrected chi connectivity index (χ3v) is 1.20. The van der Waals surface area contributed by atoms with Crippen LogP contribution >= 0.6 is 0 Å². The van der Waals surface area contributed by atoms with Crippen LogP contribution in [-0.2, 0) is 0 Å². The molecule has 0 spiro atoms. The van der Waals surface area contributed by atoms with E-state index in [1.54, 1.807) is 12.4 Å². The lowest BCUT2D eigenvalue weighted by Gasteiger charge is -1.73. The normalized spacial score (nSPS) is 14.1. The molecule has 2 nitrogen and oxygen atoms in total. The zero-order chi connectivity index (χ0) is 10.5. The Kier molecular flexibility index (Phi) is 9.93. The molecule has 0 N–H and O–H groups in total. The van der Waals surface area contributed by atoms with Gasteiger partial charge in [-0.05, 0) is 26.0 Å². The molecule has 0 radical (unpaired) electrons. The zero-order valence-electron chi connectivity index (χ0n) is 8.67. The standard InChI is InChI=1S/C12H16N2/c1-3-5-7-9-11-13-14-12-10-8-6-4-2/h3-12H,1-2H3. The predicted octanol–water partition coefficient (Wildman–Crippen LogP) is 3.31. The first-order valence-electron chi connectivity index (χ1n) is 4.54. The fourth-order valence-electron chi connectivity index (χ4n) is 0.604. The van der Waals surface area contributed by atoms with Crippen molar-refractivity contribution >= 4 is 12.4 Å². The van der Waals surface area contributed by atoms with Crippen LogP contribution in [0.2, 0.25) is 0 Å². The van der Waals surface area contributed by atoms with Gasteiger partial charge in [-0.3, -0.25) is 0 Å². The highest BCUT2D eigenvalue weighted by atomic mass is 15.2. The summed E-state index contributed by atoms with van der Waals surface area (Å²) in [6.45, 7) is 3.93. The van der Waals surface area contributed by atoms with Crippen molar-refractivity contribution in [1.82, 2.24) is 0 Å². The van der Waals surface area contributed by atoms with Gasteiger partial charge in [0.05, 0.1) is 0 Å². The van der Waals surface area contributed by atoms with Crippen LogP contribution in [-0.4, -0.2) is 12.4 Å². The Balaban J connectivity index is 3.70. The molecule has 0 amide bonds. The summed E-state index contributed by atoms with van der Waals surface area (Å²) in [7, 11) is 0. The minimum Gasteiger partial charge on any atom is -0.159 e. The second-order valence-electron chi connectivity index (χ2n) is 2.35. The van der Waals surface area contributed by atoms with Crippen LogP contribution in [0.4, 0.5) is 0 Å². The smallest absolute Gasteiger partial charge is 0.0495 e. The molecular formula is C12H16N2. The summed E-state index contributed by atoms with van der Waals surface area (Å²) in [5, 5.41) is 7.58. The number of allylic oxidation sites excluding steroid dienone is 8. The average molecular weight is 188 g/mol. The van der Waals surface area contributed by atoms with Gasteiger partial charge in [0.1, 0.15) is 0 Å². The molecule has 0 saturated carbocycles. The lowest BCUT2D eigenvalue weighted by Crippen LogP contribution is -1.64. The van der Waals surface area contributed by atoms with Crippen LogP contribution in [0, 0.1) is 0 Å². The van der Waals surface area contributed by atoms with Crippen LogP contribution in [0.1, 0.15) is 13.8 Å². The van der Waals surface area contributed by atoms with E-state index in [4.69, 9.17) is 0 Å². The Morgan fingerprint density at radius 1 is 0.571 bits per heavy atom. The SMILES string of the molecule is CC=CC=CC=NN=CC=CC=CC. The van der Waals surface area contributed by atoms with E-state index >= 15 is 0 Å². The van der Waals surface area contributed by atoms with E-state index < -0.39 is 0 Å². The molecule has 0 aliphatic rings. The Labute approximate surface area is 85.8 Å². The van der Waals surface area contributed by atoms with E-state index in [0.717, 1.165) is 0 Å². The van der Waals surface area contributed by atoms with Gasteiger partial charge in [-0.15, -0.1) is 0 Å². The average Bonchev–Trinajstić information content (AvgIpc) is 2.21. The summed E-state index contributed by atoms with van der Waals surface area (Å²) in [5.74, 6) is 0. The van der Waals surface area contributed by atoms with Crippen LogP contribution in [0.3, 0.4) is 0 Å². The van der Waals surface area contributed by atoms with Crippen molar-refractivity contribution in [2.24, 2.45) is 10.2 Å². The second-order valence-corrected chi connectivity index (χ2v) is 2.35. The van der Waals surface area contributed by atoms with E-state index in [-0.39, 0.29) is 0 Å². The molecule has 2 heteroatoms. The molecule has 0 bridgehead atoms. The molecule has 0 rings (SSSR count). The highest BCUT2D eigenvalue weighted by Gasteiger charge is 1.63. The first-order chi connectivity index (χ1) is 6.91. The maximum atomic E-state index is 3.79. The van der Waals surface area contributed by atoms with E-state index in [9.17, 15) is 0 Å². The molecule has 0 aromatic heterocycles. The molecule has 0 aromatic rings. The lowest BCUT2D eigenvalue weighted by atomic mass is 10.4. The topological polar surface area (TPSA) is 24.7 Å². The summed E-state index contributed by atoms with van der Waals surface area (Å²) < 4.78 is 0. The summed E-state index contributed by atoms with van der Waals surface area (Å²) in [6, 6.07) is 0. The van der Waals surface area contributed by atoms with Gasteiger partial charge in [0.25, 0.3) is 0 Å². The second kappa shape index (κ2) is 11.3. The molecular weight excluding hydrogens is 172 g/mol. The molecule has 0 saturated heterocycles. The molecule has 0 unspecified atom stereocenters. The van der Waals surface area contributed by atoms with Crippen molar-refractivity contribution in [3.63, 3.8) is 0 Å². The van der Waals surface area contributed by atoms with Gasteiger partial charge in [0.15, 0.2) is 0 Å². The molecule has 0 heterocycles. The Morgan fingerprint density at radius 2 is 1.00 bits per heavy atom. The molecule has 0 aliphatic carbocycles. The first kappa shape index (κ1) is 12.3. The van der Waals surface area contributed by atoms with Crippen molar-refractivity contribution in [2.75, 3.05) is 0 Å². The molecule has 14 heavy (non-hydrogen) atoms. The minimum atomic E-state index is 1.64. The molecule has 0 aliphatic heterocycles. The quantitative estimate of drug-likeness (QED) is 0.359. The number of hydrogen-bond donors (Lipinski definition) is 0. The predicted molar refractivity (Wildman–Crippen MR) is 64.9 cm³/mol. The third kappa shape index (κ3) is 10.3. The van der Waals surface area contributed by atoms with Gasteiger partial charge in [-0.25, -0.2) is 0 Å². The van der Waals surface area contributed by atoms with Crippen molar-refractivity contribution in [3.05, 3.63) is 48.6 Å². The molecule has 0 aromatic carbocycles. The first-order valence-corrected chi connectivity index (χ1v) is 4.54. The van der Waals surface area contributed by atoms with Gasteiger partial charge in [0, 0.05) is 12.4 Å². The Hall–Kier alpha value is -1.70. The van der Waals surface area contributed by atoms with Gasteiger partial charge < -0.3 is 0 Å². The van der Waals surface area contributed by atoms with Gasteiger partial charge in [0.2, 0.25) is 0 Å². The van der Waals surface area contributed by atoms with Crippen molar-refractivity contribution < 1.29 is 0 Å². The molecule has 74 valence electrons. The largest absolute Gasteiger partial charge is 0.159 e. The van der Waals surface area contributed by atoms with E-state index in [0.29, 0.717) is 0 Å². The van der Waals surface area contributed by atoms with Gasteiger partial charge in [-0.1, -0.05) is 36.5 Å². The van der Waals surface area contributed by atoms with E-state index in [2.05, 4.69) is 10.2 Å². The third-order valence-electron chi connectivity index (χ3n) is 1.20. The van der Waals surface area contributed by atoms with E-state index in [1.807, 2.05) is 62.5 Å². The summed E-state index contributed by atoms with van der Waals surface area (Å²) in [5.41, 5.74) is 0. The number of hydrogen-bond acceptors (Lipinski definition) is 2. The molecule has 0 atom stereocenters. The maximum absolute atomic E-state index is 3.79. The maximum Gasteiger partial charge on any atom is 0.0495 e. The Morgan fingerprint density at radius 3 is 1.36 bits per heavy atom. The van der Waals surface area contributed by atoms with Crippen molar-refractivity contribution in [1.29, 1.82) is 0 Å². The van der Waals surface area contributed by atoms with Crippen molar-refractivity contribution in [3.8, 4) is 0 Å².